The average Bonchev–Trinajstić information content (AvgIpc) is 3.05. The molecule has 0 atom stereocenters. The standard InChI is InChI=1S/C22H22N4O2/c1-26(14-15-6-7-16-4-2-3-5-17(16)12-15)11-10-21(27)23-18-8-9-19-20(13-18)25-22(28)24-19/h2-9,12-13H,10-11,14H2,1H3,(H,23,27)(H2,24,25,28). The highest BCUT2D eigenvalue weighted by molar-refractivity contribution is 5.93. The highest BCUT2D eigenvalue weighted by atomic mass is 16.1. The summed E-state index contributed by atoms with van der Waals surface area (Å²) in [5, 5.41) is 5.34. The maximum atomic E-state index is 12.3. The van der Waals surface area contributed by atoms with Gasteiger partial charge in [0.2, 0.25) is 5.91 Å². The Bertz CT molecular complexity index is 1190. The summed E-state index contributed by atoms with van der Waals surface area (Å²) in [6.07, 6.45) is 0.395. The molecule has 0 radical (unpaired) electrons. The SMILES string of the molecule is CN(CCC(=O)Nc1ccc2[nH]c(=O)[nH]c2c1)Cc1ccc2ccccc2c1. The van der Waals surface area contributed by atoms with E-state index in [0.717, 1.165) is 12.1 Å². The third-order valence-electron chi connectivity index (χ3n) is 4.79. The van der Waals surface area contributed by atoms with Gasteiger partial charge in [-0.3, -0.25) is 4.79 Å². The van der Waals surface area contributed by atoms with Crippen LogP contribution in [-0.2, 0) is 11.3 Å². The Hall–Kier alpha value is -3.38. The molecule has 3 aromatic carbocycles. The topological polar surface area (TPSA) is 81.0 Å². The Morgan fingerprint density at radius 2 is 1.75 bits per heavy atom. The van der Waals surface area contributed by atoms with Crippen molar-refractivity contribution in [3.8, 4) is 0 Å². The molecule has 0 aliphatic rings. The van der Waals surface area contributed by atoms with E-state index in [1.165, 1.54) is 16.3 Å². The summed E-state index contributed by atoms with van der Waals surface area (Å²) >= 11 is 0. The van der Waals surface area contributed by atoms with Gasteiger partial charge in [0.25, 0.3) is 0 Å². The summed E-state index contributed by atoms with van der Waals surface area (Å²) in [4.78, 5) is 31.1. The second kappa shape index (κ2) is 7.70. The molecule has 4 aromatic rings. The van der Waals surface area contributed by atoms with Crippen LogP contribution in [0.1, 0.15) is 12.0 Å². The molecule has 6 nitrogen and oxygen atoms in total. The van der Waals surface area contributed by atoms with Crippen molar-refractivity contribution in [3.05, 3.63) is 76.7 Å². The molecule has 3 N–H and O–H groups in total. The van der Waals surface area contributed by atoms with Gasteiger partial charge in [0.05, 0.1) is 11.0 Å². The number of anilines is 1. The predicted octanol–water partition coefficient (Wildman–Crippen LogP) is 3.47. The zero-order valence-electron chi connectivity index (χ0n) is 15.7. The first-order valence-electron chi connectivity index (χ1n) is 9.25. The number of hydrogen-bond acceptors (Lipinski definition) is 3. The van der Waals surface area contributed by atoms with E-state index in [2.05, 4.69) is 50.5 Å². The third kappa shape index (κ3) is 4.13. The van der Waals surface area contributed by atoms with Crippen LogP contribution in [0.15, 0.2) is 65.5 Å². The lowest BCUT2D eigenvalue weighted by molar-refractivity contribution is -0.116. The monoisotopic (exact) mass is 374 g/mol. The molecule has 4 rings (SSSR count). The molecule has 0 unspecified atom stereocenters. The van der Waals surface area contributed by atoms with Crippen molar-refractivity contribution in [3.63, 3.8) is 0 Å². The summed E-state index contributed by atoms with van der Waals surface area (Å²) < 4.78 is 0. The van der Waals surface area contributed by atoms with Gasteiger partial charge in [0, 0.05) is 25.2 Å². The number of aromatic amines is 2. The van der Waals surface area contributed by atoms with E-state index >= 15 is 0 Å². The van der Waals surface area contributed by atoms with Gasteiger partial charge in [0.15, 0.2) is 0 Å². The fourth-order valence-corrected chi connectivity index (χ4v) is 3.35. The van der Waals surface area contributed by atoms with Crippen molar-refractivity contribution in [2.24, 2.45) is 0 Å². The summed E-state index contributed by atoms with van der Waals surface area (Å²) in [6, 6.07) is 20.1. The first-order chi connectivity index (χ1) is 13.6. The number of nitrogens with one attached hydrogen (secondary N) is 3. The number of amides is 1. The Balaban J connectivity index is 1.32. The maximum absolute atomic E-state index is 12.3. The molecule has 0 fully saturated rings. The van der Waals surface area contributed by atoms with E-state index < -0.39 is 0 Å². The number of aromatic nitrogens is 2. The minimum atomic E-state index is -0.256. The molecular formula is C22H22N4O2. The van der Waals surface area contributed by atoms with Crippen LogP contribution in [0.25, 0.3) is 21.8 Å². The Morgan fingerprint density at radius 3 is 2.61 bits per heavy atom. The number of nitrogens with zero attached hydrogens (tertiary/aromatic N) is 1. The number of benzene rings is 3. The van der Waals surface area contributed by atoms with Gasteiger partial charge in [0.1, 0.15) is 0 Å². The normalized spacial score (nSPS) is 11.4. The van der Waals surface area contributed by atoms with E-state index in [-0.39, 0.29) is 11.6 Å². The predicted molar refractivity (Wildman–Crippen MR) is 112 cm³/mol. The van der Waals surface area contributed by atoms with Crippen LogP contribution in [0.2, 0.25) is 0 Å². The lowest BCUT2D eigenvalue weighted by atomic mass is 10.1. The maximum Gasteiger partial charge on any atom is 0.323 e. The Labute approximate surface area is 162 Å². The lowest BCUT2D eigenvalue weighted by Crippen LogP contribution is -2.24. The van der Waals surface area contributed by atoms with Gasteiger partial charge < -0.3 is 20.2 Å². The number of imidazole rings is 1. The zero-order valence-corrected chi connectivity index (χ0v) is 15.7. The van der Waals surface area contributed by atoms with E-state index in [1.54, 1.807) is 18.2 Å². The molecule has 0 bridgehead atoms. The second-order valence-electron chi connectivity index (χ2n) is 7.06. The van der Waals surface area contributed by atoms with Crippen LogP contribution in [0.5, 0.6) is 0 Å². The molecule has 0 spiro atoms. The quantitative estimate of drug-likeness (QED) is 0.483. The van der Waals surface area contributed by atoms with Crippen LogP contribution < -0.4 is 11.0 Å². The number of hydrogen-bond donors (Lipinski definition) is 3. The van der Waals surface area contributed by atoms with E-state index in [4.69, 9.17) is 0 Å². The molecule has 142 valence electrons. The van der Waals surface area contributed by atoms with Crippen LogP contribution in [-0.4, -0.2) is 34.4 Å². The van der Waals surface area contributed by atoms with E-state index in [1.807, 2.05) is 19.2 Å². The molecule has 0 aliphatic carbocycles. The highest BCUT2D eigenvalue weighted by Crippen LogP contribution is 2.17. The zero-order chi connectivity index (χ0) is 19.5. The van der Waals surface area contributed by atoms with Crippen LogP contribution in [0, 0.1) is 0 Å². The number of rotatable bonds is 6. The van der Waals surface area contributed by atoms with Gasteiger partial charge in [-0.05, 0) is 47.6 Å². The first-order valence-corrected chi connectivity index (χ1v) is 9.25. The average molecular weight is 374 g/mol. The molecule has 1 aromatic heterocycles. The van der Waals surface area contributed by atoms with Crippen molar-refractivity contribution >= 4 is 33.4 Å². The fourth-order valence-electron chi connectivity index (χ4n) is 3.35. The summed E-state index contributed by atoms with van der Waals surface area (Å²) in [5.74, 6) is -0.0532. The van der Waals surface area contributed by atoms with Crippen molar-refractivity contribution in [1.82, 2.24) is 14.9 Å². The molecule has 28 heavy (non-hydrogen) atoms. The van der Waals surface area contributed by atoms with Crippen LogP contribution >= 0.6 is 0 Å². The smallest absolute Gasteiger partial charge is 0.323 e. The van der Waals surface area contributed by atoms with Crippen molar-refractivity contribution in [2.75, 3.05) is 18.9 Å². The summed E-state index contributed by atoms with van der Waals surface area (Å²) in [5.41, 5.74) is 3.04. The Morgan fingerprint density at radius 1 is 0.964 bits per heavy atom. The molecule has 0 saturated carbocycles. The summed E-state index contributed by atoms with van der Waals surface area (Å²) in [7, 11) is 2.01. The van der Waals surface area contributed by atoms with Gasteiger partial charge in [-0.25, -0.2) is 4.79 Å². The number of carbonyl (C=O) groups excluding carboxylic acids is 1. The first kappa shape index (κ1) is 18.0. The number of carbonyl (C=O) groups is 1. The molecule has 0 saturated heterocycles. The van der Waals surface area contributed by atoms with Gasteiger partial charge in [-0.2, -0.15) is 0 Å². The molecule has 0 aliphatic heterocycles. The molecule has 1 heterocycles. The Kier molecular flexibility index (Phi) is 4.95. The third-order valence-corrected chi connectivity index (χ3v) is 4.79. The minimum absolute atomic E-state index is 0.0532. The van der Waals surface area contributed by atoms with Crippen LogP contribution in [0.3, 0.4) is 0 Å². The minimum Gasteiger partial charge on any atom is -0.326 e. The van der Waals surface area contributed by atoms with Gasteiger partial charge in [-0.15, -0.1) is 0 Å². The van der Waals surface area contributed by atoms with Crippen molar-refractivity contribution < 1.29 is 4.79 Å². The van der Waals surface area contributed by atoms with E-state index in [0.29, 0.717) is 24.2 Å². The van der Waals surface area contributed by atoms with Crippen molar-refractivity contribution in [2.45, 2.75) is 13.0 Å². The summed E-state index contributed by atoms with van der Waals surface area (Å²) in [6.45, 7) is 1.44. The van der Waals surface area contributed by atoms with Gasteiger partial charge >= 0.3 is 5.69 Å². The van der Waals surface area contributed by atoms with Crippen molar-refractivity contribution in [1.29, 1.82) is 0 Å². The lowest BCUT2D eigenvalue weighted by Gasteiger charge is -2.17. The fraction of sp³-hybridized carbons (Fsp3) is 0.182. The number of fused-ring (bicyclic) bond motifs is 2. The molecule has 6 heteroatoms. The van der Waals surface area contributed by atoms with E-state index in [9.17, 15) is 9.59 Å². The molecule has 1 amide bonds. The van der Waals surface area contributed by atoms with Gasteiger partial charge in [-0.1, -0.05) is 36.4 Å². The second-order valence-corrected chi connectivity index (χ2v) is 7.06. The molecular weight excluding hydrogens is 352 g/mol. The largest absolute Gasteiger partial charge is 0.326 e. The van der Waals surface area contributed by atoms with Crippen LogP contribution in [0.4, 0.5) is 5.69 Å². The highest BCUT2D eigenvalue weighted by Gasteiger charge is 2.08. The number of H-pyrrole nitrogens is 2.